The van der Waals surface area contributed by atoms with Gasteiger partial charge >= 0.3 is 0 Å². The highest BCUT2D eigenvalue weighted by molar-refractivity contribution is 5.99. The van der Waals surface area contributed by atoms with Crippen LogP contribution in [0.5, 0.6) is 5.75 Å². The van der Waals surface area contributed by atoms with Gasteiger partial charge < -0.3 is 20.1 Å². The van der Waals surface area contributed by atoms with E-state index in [0.29, 0.717) is 24.7 Å². The van der Waals surface area contributed by atoms with Crippen LogP contribution >= 0.6 is 0 Å². The van der Waals surface area contributed by atoms with Gasteiger partial charge in [0.25, 0.3) is 5.91 Å². The van der Waals surface area contributed by atoms with Gasteiger partial charge in [-0.2, -0.15) is 4.98 Å². The Labute approximate surface area is 171 Å². The molecule has 0 aliphatic carbocycles. The lowest BCUT2D eigenvalue weighted by atomic mass is 10.1. The number of nitrogens with one attached hydrogen (secondary N) is 3. The topological polar surface area (TPSA) is 118 Å². The van der Waals surface area contributed by atoms with E-state index < -0.39 is 11.7 Å². The number of hydrogen-bond donors (Lipinski definition) is 4. The summed E-state index contributed by atoms with van der Waals surface area (Å²) in [6.07, 6.45) is 1.01. The molecule has 0 aliphatic heterocycles. The number of rotatable bonds is 9. The van der Waals surface area contributed by atoms with Gasteiger partial charge in [-0.3, -0.25) is 10.0 Å². The zero-order valence-corrected chi connectivity index (χ0v) is 16.1. The molecule has 156 valence electrons. The fraction of sp³-hybridized carbons (Fsp3) is 0.150. The number of carbonyl (C=O) groups excluding carboxylic acids is 1. The molecule has 0 radical (unpaired) electrons. The molecule has 0 spiro atoms. The molecule has 0 saturated heterocycles. The van der Waals surface area contributed by atoms with Crippen molar-refractivity contribution in [1.29, 1.82) is 0 Å². The minimum Gasteiger partial charge on any atom is -0.491 e. The van der Waals surface area contributed by atoms with Crippen molar-refractivity contribution in [2.24, 2.45) is 0 Å². The van der Waals surface area contributed by atoms with Crippen LogP contribution < -0.4 is 20.9 Å². The van der Waals surface area contributed by atoms with Crippen molar-refractivity contribution in [2.45, 2.75) is 0 Å². The summed E-state index contributed by atoms with van der Waals surface area (Å²) in [7, 11) is 1.60. The number of methoxy groups -OCH3 is 1. The number of anilines is 4. The van der Waals surface area contributed by atoms with E-state index in [1.165, 1.54) is 6.07 Å². The molecule has 9 nitrogen and oxygen atoms in total. The number of benzene rings is 2. The largest absolute Gasteiger partial charge is 0.491 e. The third-order valence-corrected chi connectivity index (χ3v) is 3.94. The van der Waals surface area contributed by atoms with E-state index in [-0.39, 0.29) is 23.0 Å². The van der Waals surface area contributed by atoms with Crippen LogP contribution in [0.25, 0.3) is 0 Å². The van der Waals surface area contributed by atoms with Crippen LogP contribution in [-0.4, -0.2) is 41.4 Å². The molecule has 3 aromatic rings. The average Bonchev–Trinajstić information content (AvgIpc) is 2.77. The van der Waals surface area contributed by atoms with Crippen LogP contribution in [0.1, 0.15) is 10.4 Å². The lowest BCUT2D eigenvalue weighted by Crippen LogP contribution is -2.20. The van der Waals surface area contributed by atoms with Crippen LogP contribution in [0.3, 0.4) is 0 Å². The molecule has 0 saturated carbocycles. The van der Waals surface area contributed by atoms with E-state index in [4.69, 9.17) is 14.7 Å². The summed E-state index contributed by atoms with van der Waals surface area (Å²) in [5.41, 5.74) is 2.62. The van der Waals surface area contributed by atoms with Gasteiger partial charge in [0.1, 0.15) is 12.4 Å². The fourth-order valence-electron chi connectivity index (χ4n) is 2.50. The van der Waals surface area contributed by atoms with Crippen LogP contribution in [0.15, 0.2) is 54.7 Å². The third kappa shape index (κ3) is 5.40. The van der Waals surface area contributed by atoms with Gasteiger partial charge in [0.2, 0.25) is 5.95 Å². The number of para-hydroxylation sites is 1. The number of nitrogens with zero attached hydrogens (tertiary/aromatic N) is 2. The van der Waals surface area contributed by atoms with Gasteiger partial charge in [-0.1, -0.05) is 12.1 Å². The number of hydroxylamine groups is 1. The summed E-state index contributed by atoms with van der Waals surface area (Å²) >= 11 is 0. The van der Waals surface area contributed by atoms with Crippen LogP contribution in [-0.2, 0) is 4.74 Å². The smallest absolute Gasteiger partial charge is 0.276 e. The van der Waals surface area contributed by atoms with Crippen LogP contribution in [0.4, 0.5) is 27.5 Å². The zero-order chi connectivity index (χ0) is 21.3. The average molecular weight is 413 g/mol. The molecular formula is C20H20FN5O4. The van der Waals surface area contributed by atoms with Crippen molar-refractivity contribution in [1.82, 2.24) is 15.4 Å². The molecule has 0 atom stereocenters. The fourth-order valence-corrected chi connectivity index (χ4v) is 2.50. The third-order valence-electron chi connectivity index (χ3n) is 3.94. The molecule has 30 heavy (non-hydrogen) atoms. The predicted octanol–water partition coefficient (Wildman–Crippen LogP) is 3.25. The first-order chi connectivity index (χ1) is 14.6. The molecule has 1 aromatic heterocycles. The molecule has 1 amide bonds. The minimum absolute atomic E-state index is 0.122. The summed E-state index contributed by atoms with van der Waals surface area (Å²) in [6.45, 7) is 0.928. The Morgan fingerprint density at radius 2 is 1.87 bits per heavy atom. The number of carbonyl (C=O) groups is 1. The summed E-state index contributed by atoms with van der Waals surface area (Å²) in [6, 6.07) is 13.4. The van der Waals surface area contributed by atoms with Crippen molar-refractivity contribution < 1.29 is 23.9 Å². The van der Waals surface area contributed by atoms with E-state index in [9.17, 15) is 9.18 Å². The van der Waals surface area contributed by atoms with Gasteiger partial charge in [0, 0.05) is 12.8 Å². The second kappa shape index (κ2) is 10.1. The molecule has 2 aromatic carbocycles. The highest BCUT2D eigenvalue weighted by Crippen LogP contribution is 2.24. The molecule has 0 aliphatic rings. The highest BCUT2D eigenvalue weighted by Gasteiger charge is 2.13. The van der Waals surface area contributed by atoms with Gasteiger partial charge in [0.15, 0.2) is 11.6 Å². The molecule has 10 heteroatoms. The Bertz CT molecular complexity index is 1000. The second-order valence-corrected chi connectivity index (χ2v) is 5.99. The number of amides is 1. The summed E-state index contributed by atoms with van der Waals surface area (Å²) < 4.78 is 24.6. The summed E-state index contributed by atoms with van der Waals surface area (Å²) in [5, 5.41) is 14.6. The summed E-state index contributed by atoms with van der Waals surface area (Å²) in [5.74, 6) is -0.750. The standard InChI is InChI=1S/C20H20FN5O4/c1-29-10-11-30-14-8-6-13(7-9-14)23-20-22-12-16(21)18(25-20)24-17-5-3-2-4-15(17)19(27)26-28/h2-9,12,28H,10-11H2,1H3,(H,26,27)(H2,22,23,24,25). The highest BCUT2D eigenvalue weighted by atomic mass is 19.1. The van der Waals surface area contributed by atoms with Crippen molar-refractivity contribution >= 4 is 29.0 Å². The minimum atomic E-state index is -0.737. The van der Waals surface area contributed by atoms with Gasteiger partial charge in [-0.25, -0.2) is 14.9 Å². The van der Waals surface area contributed by atoms with Gasteiger partial charge in [0.05, 0.1) is 24.1 Å². The van der Waals surface area contributed by atoms with Crippen molar-refractivity contribution in [3.63, 3.8) is 0 Å². The number of ether oxygens (including phenoxy) is 2. The van der Waals surface area contributed by atoms with E-state index >= 15 is 0 Å². The van der Waals surface area contributed by atoms with Gasteiger partial charge in [-0.15, -0.1) is 0 Å². The number of halogens is 1. The Hall–Kier alpha value is -3.76. The normalized spacial score (nSPS) is 10.4. The maximum absolute atomic E-state index is 14.2. The molecule has 3 rings (SSSR count). The molecular weight excluding hydrogens is 393 g/mol. The van der Waals surface area contributed by atoms with Crippen LogP contribution in [0.2, 0.25) is 0 Å². The first-order valence-corrected chi connectivity index (χ1v) is 8.92. The maximum Gasteiger partial charge on any atom is 0.276 e. The SMILES string of the molecule is COCCOc1ccc(Nc2ncc(F)c(Nc3ccccc3C(=O)NO)n2)cc1. The Morgan fingerprint density at radius 3 is 2.60 bits per heavy atom. The van der Waals surface area contributed by atoms with Gasteiger partial charge in [-0.05, 0) is 36.4 Å². The molecule has 0 fully saturated rings. The first kappa shape index (κ1) is 21.0. The number of hydrogen-bond acceptors (Lipinski definition) is 8. The van der Waals surface area contributed by atoms with Crippen molar-refractivity contribution in [2.75, 3.05) is 31.0 Å². The molecule has 1 heterocycles. The number of aromatic nitrogens is 2. The monoisotopic (exact) mass is 413 g/mol. The molecule has 0 unspecified atom stereocenters. The maximum atomic E-state index is 14.2. The Balaban J connectivity index is 1.74. The van der Waals surface area contributed by atoms with E-state index in [1.54, 1.807) is 55.1 Å². The van der Waals surface area contributed by atoms with Crippen LogP contribution in [0, 0.1) is 5.82 Å². The van der Waals surface area contributed by atoms with Crippen molar-refractivity contribution in [3.8, 4) is 5.75 Å². The first-order valence-electron chi connectivity index (χ1n) is 8.92. The Kier molecular flexibility index (Phi) is 7.09. The van der Waals surface area contributed by atoms with E-state index in [1.807, 2.05) is 0 Å². The molecule has 0 bridgehead atoms. The quantitative estimate of drug-likeness (QED) is 0.240. The van der Waals surface area contributed by atoms with E-state index in [0.717, 1.165) is 6.20 Å². The molecule has 4 N–H and O–H groups in total. The van der Waals surface area contributed by atoms with Crippen molar-refractivity contribution in [3.05, 3.63) is 66.1 Å². The Morgan fingerprint density at radius 1 is 1.10 bits per heavy atom. The zero-order valence-electron chi connectivity index (χ0n) is 16.1. The lowest BCUT2D eigenvalue weighted by molar-refractivity contribution is 0.0707. The second-order valence-electron chi connectivity index (χ2n) is 5.99. The predicted molar refractivity (Wildman–Crippen MR) is 108 cm³/mol. The summed E-state index contributed by atoms with van der Waals surface area (Å²) in [4.78, 5) is 19.8. The van der Waals surface area contributed by atoms with E-state index in [2.05, 4.69) is 20.6 Å². The lowest BCUT2D eigenvalue weighted by Gasteiger charge is -2.12.